The van der Waals surface area contributed by atoms with Crippen LogP contribution in [0.5, 0.6) is 0 Å². The van der Waals surface area contributed by atoms with Crippen molar-refractivity contribution in [3.63, 3.8) is 0 Å². The molecule has 6 heteroatoms. The number of anilines is 2. The Morgan fingerprint density at radius 2 is 2.06 bits per heavy atom. The highest BCUT2D eigenvalue weighted by Crippen LogP contribution is 2.21. The quantitative estimate of drug-likeness (QED) is 0.435. The van der Waals surface area contributed by atoms with Gasteiger partial charge in [-0.05, 0) is 20.8 Å². The molecule has 0 aliphatic heterocycles. The molecule has 1 rings (SSSR count). The Morgan fingerprint density at radius 1 is 1.35 bits per heavy atom. The topological polar surface area (TPSA) is 76.3 Å². The standard InChI is InChI=1S/C11H21N5O/c1-5-17-7-6-16(4)11-8(2)10(15-12)13-9(3)14-11/h5-7,12H2,1-4H3,(H,13,14,15). The predicted octanol–water partition coefficient (Wildman–Crippen LogP) is 0.852. The summed E-state index contributed by atoms with van der Waals surface area (Å²) in [4.78, 5) is 10.7. The maximum atomic E-state index is 5.43. The van der Waals surface area contributed by atoms with Crippen molar-refractivity contribution in [2.75, 3.05) is 37.1 Å². The first-order chi connectivity index (χ1) is 8.10. The number of aryl methyl sites for hydroxylation is 1. The zero-order valence-corrected chi connectivity index (χ0v) is 10.9. The molecule has 3 N–H and O–H groups in total. The minimum absolute atomic E-state index is 0.663. The third kappa shape index (κ3) is 3.54. The Hall–Kier alpha value is -1.40. The number of nitrogens with two attached hydrogens (primary N) is 1. The fourth-order valence-corrected chi connectivity index (χ4v) is 1.58. The second-order valence-electron chi connectivity index (χ2n) is 3.83. The van der Waals surface area contributed by atoms with Crippen molar-refractivity contribution >= 4 is 11.6 Å². The highest BCUT2D eigenvalue weighted by molar-refractivity contribution is 5.57. The van der Waals surface area contributed by atoms with E-state index in [-0.39, 0.29) is 0 Å². The van der Waals surface area contributed by atoms with Gasteiger partial charge in [-0.1, -0.05) is 0 Å². The zero-order chi connectivity index (χ0) is 12.8. The first kappa shape index (κ1) is 13.7. The molecule has 0 aliphatic carbocycles. The van der Waals surface area contributed by atoms with Crippen LogP contribution in [0.3, 0.4) is 0 Å². The number of rotatable bonds is 6. The SMILES string of the molecule is CCOCCN(C)c1nc(C)nc(NN)c1C. The zero-order valence-electron chi connectivity index (χ0n) is 10.9. The fraction of sp³-hybridized carbons (Fsp3) is 0.636. The van der Waals surface area contributed by atoms with Gasteiger partial charge in [-0.25, -0.2) is 15.8 Å². The van der Waals surface area contributed by atoms with Crippen molar-refractivity contribution < 1.29 is 4.74 Å². The third-order valence-electron chi connectivity index (χ3n) is 2.51. The van der Waals surface area contributed by atoms with Crippen LogP contribution in [0, 0.1) is 13.8 Å². The van der Waals surface area contributed by atoms with Crippen LogP contribution in [-0.2, 0) is 4.74 Å². The van der Waals surface area contributed by atoms with Crippen LogP contribution < -0.4 is 16.2 Å². The van der Waals surface area contributed by atoms with Crippen LogP contribution in [0.4, 0.5) is 11.6 Å². The summed E-state index contributed by atoms with van der Waals surface area (Å²) in [6, 6.07) is 0. The summed E-state index contributed by atoms with van der Waals surface area (Å²) >= 11 is 0. The van der Waals surface area contributed by atoms with Gasteiger partial charge in [0.1, 0.15) is 17.5 Å². The lowest BCUT2D eigenvalue weighted by Gasteiger charge is -2.21. The summed E-state index contributed by atoms with van der Waals surface area (Å²) in [5.41, 5.74) is 3.53. The normalized spacial score (nSPS) is 10.4. The van der Waals surface area contributed by atoms with E-state index in [1.165, 1.54) is 0 Å². The average Bonchev–Trinajstić information content (AvgIpc) is 2.31. The van der Waals surface area contributed by atoms with E-state index < -0.39 is 0 Å². The molecule has 0 aliphatic rings. The van der Waals surface area contributed by atoms with Gasteiger partial charge in [0.15, 0.2) is 0 Å². The van der Waals surface area contributed by atoms with Crippen molar-refractivity contribution in [3.8, 4) is 0 Å². The van der Waals surface area contributed by atoms with Crippen LogP contribution in [0.15, 0.2) is 0 Å². The summed E-state index contributed by atoms with van der Waals surface area (Å²) in [7, 11) is 1.98. The van der Waals surface area contributed by atoms with Crippen LogP contribution >= 0.6 is 0 Å². The van der Waals surface area contributed by atoms with Gasteiger partial charge < -0.3 is 15.1 Å². The molecule has 1 heterocycles. The summed E-state index contributed by atoms with van der Waals surface area (Å²) in [6.07, 6.45) is 0. The molecule has 0 spiro atoms. The van der Waals surface area contributed by atoms with E-state index in [0.717, 1.165) is 24.5 Å². The lowest BCUT2D eigenvalue weighted by molar-refractivity contribution is 0.154. The van der Waals surface area contributed by atoms with Gasteiger partial charge in [-0.3, -0.25) is 0 Å². The van der Waals surface area contributed by atoms with E-state index in [1.807, 2.05) is 32.7 Å². The van der Waals surface area contributed by atoms with Gasteiger partial charge >= 0.3 is 0 Å². The Balaban J connectivity index is 2.84. The fourth-order valence-electron chi connectivity index (χ4n) is 1.58. The number of hydrogen-bond donors (Lipinski definition) is 2. The molecule has 0 unspecified atom stereocenters. The van der Waals surface area contributed by atoms with E-state index >= 15 is 0 Å². The summed E-state index contributed by atoms with van der Waals surface area (Å²) in [5, 5.41) is 0. The maximum Gasteiger partial charge on any atom is 0.148 e. The first-order valence-electron chi connectivity index (χ1n) is 5.70. The van der Waals surface area contributed by atoms with Gasteiger partial charge in [0.2, 0.25) is 0 Å². The van der Waals surface area contributed by atoms with E-state index in [9.17, 15) is 0 Å². The molecular formula is C11H21N5O. The molecule has 0 aromatic carbocycles. The van der Waals surface area contributed by atoms with Crippen LogP contribution in [0.1, 0.15) is 18.3 Å². The Bertz CT molecular complexity index is 369. The molecule has 17 heavy (non-hydrogen) atoms. The summed E-state index contributed by atoms with van der Waals surface area (Å²) in [6.45, 7) is 7.97. The largest absolute Gasteiger partial charge is 0.380 e. The minimum atomic E-state index is 0.663. The number of likely N-dealkylation sites (N-methyl/N-ethyl adjacent to an activating group) is 1. The molecule has 0 radical (unpaired) electrons. The highest BCUT2D eigenvalue weighted by Gasteiger charge is 2.11. The molecule has 0 saturated heterocycles. The monoisotopic (exact) mass is 239 g/mol. The Morgan fingerprint density at radius 3 is 2.65 bits per heavy atom. The molecule has 96 valence electrons. The molecule has 0 atom stereocenters. The van der Waals surface area contributed by atoms with E-state index in [4.69, 9.17) is 10.6 Å². The summed E-state index contributed by atoms with van der Waals surface area (Å²) in [5.74, 6) is 7.67. The Kier molecular flexibility index (Phi) is 5.11. The van der Waals surface area contributed by atoms with Crippen LogP contribution in [0.25, 0.3) is 0 Å². The number of nitrogens with zero attached hydrogens (tertiary/aromatic N) is 3. The number of nitrogens with one attached hydrogen (secondary N) is 1. The van der Waals surface area contributed by atoms with Crippen molar-refractivity contribution in [2.24, 2.45) is 5.84 Å². The maximum absolute atomic E-state index is 5.43. The van der Waals surface area contributed by atoms with E-state index in [1.54, 1.807) is 0 Å². The number of nitrogen functional groups attached to an aromatic ring is 1. The van der Waals surface area contributed by atoms with Gasteiger partial charge in [-0.2, -0.15) is 0 Å². The number of hydrazine groups is 1. The van der Waals surface area contributed by atoms with Gasteiger partial charge in [0.25, 0.3) is 0 Å². The summed E-state index contributed by atoms with van der Waals surface area (Å²) < 4.78 is 5.33. The minimum Gasteiger partial charge on any atom is -0.380 e. The van der Waals surface area contributed by atoms with Crippen molar-refractivity contribution in [1.29, 1.82) is 0 Å². The molecule has 0 bridgehead atoms. The van der Waals surface area contributed by atoms with Crippen molar-refractivity contribution in [3.05, 3.63) is 11.4 Å². The van der Waals surface area contributed by atoms with E-state index in [0.29, 0.717) is 18.2 Å². The van der Waals surface area contributed by atoms with Gasteiger partial charge in [0.05, 0.1) is 6.61 Å². The molecular weight excluding hydrogens is 218 g/mol. The average molecular weight is 239 g/mol. The molecule has 6 nitrogen and oxygen atoms in total. The van der Waals surface area contributed by atoms with Gasteiger partial charge in [0, 0.05) is 25.8 Å². The number of hydrogen-bond acceptors (Lipinski definition) is 6. The molecule has 1 aromatic rings. The van der Waals surface area contributed by atoms with Crippen molar-refractivity contribution in [2.45, 2.75) is 20.8 Å². The highest BCUT2D eigenvalue weighted by atomic mass is 16.5. The first-order valence-corrected chi connectivity index (χ1v) is 5.70. The predicted molar refractivity (Wildman–Crippen MR) is 69.1 cm³/mol. The second kappa shape index (κ2) is 6.36. The molecule has 0 amide bonds. The smallest absolute Gasteiger partial charge is 0.148 e. The van der Waals surface area contributed by atoms with E-state index in [2.05, 4.69) is 15.4 Å². The number of aromatic nitrogens is 2. The molecule has 0 fully saturated rings. The van der Waals surface area contributed by atoms with Gasteiger partial charge in [-0.15, -0.1) is 0 Å². The van der Waals surface area contributed by atoms with Crippen LogP contribution in [-0.4, -0.2) is 36.8 Å². The van der Waals surface area contributed by atoms with Crippen molar-refractivity contribution in [1.82, 2.24) is 9.97 Å². The second-order valence-corrected chi connectivity index (χ2v) is 3.83. The molecule has 1 aromatic heterocycles. The van der Waals surface area contributed by atoms with Crippen LogP contribution in [0.2, 0.25) is 0 Å². The molecule has 0 saturated carbocycles. The Labute approximate surface area is 102 Å². The lowest BCUT2D eigenvalue weighted by atomic mass is 10.3. The number of ether oxygens (including phenoxy) is 1. The lowest BCUT2D eigenvalue weighted by Crippen LogP contribution is -2.25. The third-order valence-corrected chi connectivity index (χ3v) is 2.51.